The molecular formula is C13H14N2O4S. The van der Waals surface area contributed by atoms with Gasteiger partial charge in [-0.2, -0.15) is 0 Å². The van der Waals surface area contributed by atoms with E-state index in [0.717, 1.165) is 17.8 Å². The van der Waals surface area contributed by atoms with Crippen molar-refractivity contribution in [2.24, 2.45) is 23.7 Å². The smallest absolute Gasteiger partial charge is 0.307 e. The van der Waals surface area contributed by atoms with Crippen molar-refractivity contribution in [3.05, 3.63) is 32.9 Å². The molecule has 1 aromatic heterocycles. The zero-order valence-electron chi connectivity index (χ0n) is 10.5. The van der Waals surface area contributed by atoms with Gasteiger partial charge in [0.1, 0.15) is 0 Å². The number of rotatable bonds is 4. The van der Waals surface area contributed by atoms with Gasteiger partial charge in [0, 0.05) is 11.1 Å². The van der Waals surface area contributed by atoms with Gasteiger partial charge in [-0.05, 0) is 18.3 Å². The molecule has 1 fully saturated rings. The van der Waals surface area contributed by atoms with Crippen molar-refractivity contribution in [2.75, 3.05) is 0 Å². The molecular weight excluding hydrogens is 280 g/mol. The number of aromatic amines is 1. The number of nitrogens with one attached hydrogen (secondary N) is 2. The maximum absolute atomic E-state index is 12.2. The van der Waals surface area contributed by atoms with E-state index in [-0.39, 0.29) is 29.2 Å². The fourth-order valence-electron chi connectivity index (χ4n) is 3.22. The summed E-state index contributed by atoms with van der Waals surface area (Å²) in [6.45, 7) is 0.224. The maximum atomic E-state index is 12.2. The fourth-order valence-corrected chi connectivity index (χ4v) is 3.80. The van der Waals surface area contributed by atoms with Gasteiger partial charge >= 0.3 is 10.8 Å². The van der Waals surface area contributed by atoms with Crippen LogP contribution in [0, 0.1) is 23.7 Å². The van der Waals surface area contributed by atoms with Gasteiger partial charge in [0.05, 0.1) is 18.4 Å². The number of carboxylic acid groups (broad SMARTS) is 1. The van der Waals surface area contributed by atoms with Crippen LogP contribution in [0.3, 0.4) is 0 Å². The van der Waals surface area contributed by atoms with Crippen LogP contribution in [0.25, 0.3) is 0 Å². The van der Waals surface area contributed by atoms with Crippen molar-refractivity contribution < 1.29 is 14.7 Å². The number of hydrogen-bond acceptors (Lipinski definition) is 4. The Labute approximate surface area is 118 Å². The van der Waals surface area contributed by atoms with Crippen molar-refractivity contribution in [1.82, 2.24) is 10.3 Å². The Morgan fingerprint density at radius 1 is 1.35 bits per heavy atom. The molecule has 6 nitrogen and oxygen atoms in total. The number of allylic oxidation sites excluding steroid dienone is 2. The highest BCUT2D eigenvalue weighted by molar-refractivity contribution is 7.07. The van der Waals surface area contributed by atoms with Crippen LogP contribution in [0.2, 0.25) is 0 Å². The quantitative estimate of drug-likeness (QED) is 0.707. The first-order valence-corrected chi connectivity index (χ1v) is 7.30. The Morgan fingerprint density at radius 2 is 2.05 bits per heavy atom. The van der Waals surface area contributed by atoms with E-state index < -0.39 is 17.8 Å². The molecule has 106 valence electrons. The lowest BCUT2D eigenvalue weighted by molar-refractivity contribution is -0.147. The summed E-state index contributed by atoms with van der Waals surface area (Å²) in [6, 6.07) is 0. The van der Waals surface area contributed by atoms with Crippen molar-refractivity contribution in [1.29, 1.82) is 0 Å². The first-order valence-electron chi connectivity index (χ1n) is 6.42. The molecule has 0 aromatic carbocycles. The Morgan fingerprint density at radius 3 is 2.65 bits per heavy atom. The van der Waals surface area contributed by atoms with Crippen molar-refractivity contribution in [2.45, 2.75) is 13.0 Å². The second-order valence-electron chi connectivity index (χ2n) is 5.23. The normalized spacial score (nSPS) is 30.6. The van der Waals surface area contributed by atoms with Crippen molar-refractivity contribution in [3.8, 4) is 0 Å². The molecule has 20 heavy (non-hydrogen) atoms. The monoisotopic (exact) mass is 294 g/mol. The SMILES string of the molecule is O=C(O)[C@@H]1C2C=CC(C2)[C@@H]1C(=O)NCc1csc(=O)[nH]1. The third-order valence-electron chi connectivity index (χ3n) is 4.07. The summed E-state index contributed by atoms with van der Waals surface area (Å²) in [6.07, 6.45) is 4.59. The van der Waals surface area contributed by atoms with Gasteiger partial charge in [0.25, 0.3) is 0 Å². The molecule has 2 aliphatic rings. The second-order valence-corrected chi connectivity index (χ2v) is 6.07. The van der Waals surface area contributed by atoms with Gasteiger partial charge in [-0.15, -0.1) is 0 Å². The van der Waals surface area contributed by atoms with E-state index >= 15 is 0 Å². The van der Waals surface area contributed by atoms with Crippen LogP contribution in [-0.4, -0.2) is 22.0 Å². The molecule has 4 atom stereocenters. The van der Waals surface area contributed by atoms with Crippen LogP contribution in [0.5, 0.6) is 0 Å². The van der Waals surface area contributed by atoms with Gasteiger partial charge in [-0.1, -0.05) is 23.5 Å². The molecule has 3 rings (SSSR count). The lowest BCUT2D eigenvalue weighted by Gasteiger charge is -2.23. The molecule has 0 radical (unpaired) electrons. The summed E-state index contributed by atoms with van der Waals surface area (Å²) >= 11 is 1.04. The number of H-pyrrole nitrogens is 1. The molecule has 0 saturated heterocycles. The van der Waals surface area contributed by atoms with Crippen LogP contribution in [0.1, 0.15) is 12.1 Å². The maximum Gasteiger partial charge on any atom is 0.307 e. The van der Waals surface area contributed by atoms with E-state index in [0.29, 0.717) is 5.69 Å². The van der Waals surface area contributed by atoms with E-state index in [9.17, 15) is 19.5 Å². The number of aliphatic carboxylic acids is 1. The summed E-state index contributed by atoms with van der Waals surface area (Å²) < 4.78 is 0. The third-order valence-corrected chi connectivity index (χ3v) is 4.79. The van der Waals surface area contributed by atoms with Crippen LogP contribution in [0.15, 0.2) is 22.3 Å². The molecule has 7 heteroatoms. The van der Waals surface area contributed by atoms with Gasteiger partial charge in [-0.3, -0.25) is 14.4 Å². The lowest BCUT2D eigenvalue weighted by Crippen LogP contribution is -2.40. The minimum Gasteiger partial charge on any atom is -0.481 e. The molecule has 1 aromatic rings. The molecule has 1 saturated carbocycles. The number of fused-ring (bicyclic) bond motifs is 2. The standard InChI is InChI=1S/C13H14N2O4S/c16-11(14-4-8-5-20-13(19)15-8)9-6-1-2-7(3-6)10(9)12(17)18/h1-2,5-7,9-10H,3-4H2,(H,14,16)(H,15,19)(H,17,18)/t6?,7?,9-,10+/m0/s1. The first-order chi connectivity index (χ1) is 9.56. The zero-order chi connectivity index (χ0) is 14.3. The summed E-state index contributed by atoms with van der Waals surface area (Å²) in [5, 5.41) is 13.7. The van der Waals surface area contributed by atoms with E-state index in [1.807, 2.05) is 12.2 Å². The molecule has 0 spiro atoms. The Kier molecular flexibility index (Phi) is 3.21. The molecule has 2 bridgehead atoms. The molecule has 2 unspecified atom stereocenters. The largest absolute Gasteiger partial charge is 0.481 e. The van der Waals surface area contributed by atoms with Crippen molar-refractivity contribution >= 4 is 23.2 Å². The predicted octanol–water partition coefficient (Wildman–Crippen LogP) is 0.576. The Hall–Kier alpha value is -1.89. The number of amides is 1. The van der Waals surface area contributed by atoms with Crippen LogP contribution >= 0.6 is 11.3 Å². The van der Waals surface area contributed by atoms with Gasteiger partial charge in [-0.25, -0.2) is 0 Å². The average molecular weight is 294 g/mol. The zero-order valence-corrected chi connectivity index (χ0v) is 11.4. The fraction of sp³-hybridized carbons (Fsp3) is 0.462. The lowest BCUT2D eigenvalue weighted by atomic mass is 9.82. The highest BCUT2D eigenvalue weighted by atomic mass is 32.1. The Bertz CT molecular complexity index is 632. The molecule has 1 amide bonds. The number of carbonyl (C=O) groups is 2. The summed E-state index contributed by atoms with van der Waals surface area (Å²) in [5.41, 5.74) is 0.638. The summed E-state index contributed by atoms with van der Waals surface area (Å²) in [4.78, 5) is 37.0. The highest BCUT2D eigenvalue weighted by Crippen LogP contribution is 2.48. The number of carboxylic acids is 1. The van der Waals surface area contributed by atoms with Crippen molar-refractivity contribution in [3.63, 3.8) is 0 Å². The van der Waals surface area contributed by atoms with E-state index in [1.165, 1.54) is 0 Å². The molecule has 0 aliphatic heterocycles. The average Bonchev–Trinajstić information content (AvgIpc) is 3.10. The van der Waals surface area contributed by atoms with E-state index in [4.69, 9.17) is 0 Å². The van der Waals surface area contributed by atoms with E-state index in [1.54, 1.807) is 5.38 Å². The van der Waals surface area contributed by atoms with Crippen LogP contribution in [-0.2, 0) is 16.1 Å². The van der Waals surface area contributed by atoms with Gasteiger partial charge in [0.2, 0.25) is 5.91 Å². The number of thiazole rings is 1. The Balaban J connectivity index is 1.69. The molecule has 1 heterocycles. The van der Waals surface area contributed by atoms with Crippen LogP contribution in [0.4, 0.5) is 0 Å². The number of hydrogen-bond donors (Lipinski definition) is 3. The van der Waals surface area contributed by atoms with Crippen LogP contribution < -0.4 is 10.2 Å². The minimum absolute atomic E-state index is 0.0163. The highest BCUT2D eigenvalue weighted by Gasteiger charge is 2.51. The molecule has 3 N–H and O–H groups in total. The van der Waals surface area contributed by atoms with E-state index in [2.05, 4.69) is 10.3 Å². The second kappa shape index (κ2) is 4.90. The summed E-state index contributed by atoms with van der Waals surface area (Å²) in [7, 11) is 0. The topological polar surface area (TPSA) is 99.3 Å². The van der Waals surface area contributed by atoms with Gasteiger partial charge < -0.3 is 15.4 Å². The number of carbonyl (C=O) groups excluding carboxylic acids is 1. The summed E-state index contributed by atoms with van der Waals surface area (Å²) in [5.74, 6) is -2.32. The van der Waals surface area contributed by atoms with Gasteiger partial charge in [0.15, 0.2) is 0 Å². The third kappa shape index (κ3) is 2.18. The first kappa shape index (κ1) is 13.1. The minimum atomic E-state index is -0.911. The molecule has 2 aliphatic carbocycles. The predicted molar refractivity (Wildman–Crippen MR) is 72.1 cm³/mol. The number of aromatic nitrogens is 1.